The van der Waals surface area contributed by atoms with Crippen molar-refractivity contribution in [1.29, 1.82) is 0 Å². The van der Waals surface area contributed by atoms with Crippen LogP contribution in [0.25, 0.3) is 22.5 Å². The van der Waals surface area contributed by atoms with Crippen molar-refractivity contribution in [2.45, 2.75) is 109 Å². The number of nitrogens with one attached hydrogen (secondary N) is 2. The normalized spacial score (nSPS) is 18.1. The average molecular weight is 669 g/mol. The number of benzene rings is 2. The molecule has 2 heterocycles. The third kappa shape index (κ3) is 9.59. The van der Waals surface area contributed by atoms with Crippen molar-refractivity contribution in [2.75, 3.05) is 6.54 Å². The Bertz CT molecular complexity index is 1590. The van der Waals surface area contributed by atoms with Crippen LogP contribution in [0.2, 0.25) is 0 Å². The highest BCUT2D eigenvalue weighted by atomic mass is 32.1. The first-order chi connectivity index (χ1) is 23.0. The number of hydrogen-bond acceptors (Lipinski definition) is 7. The minimum absolute atomic E-state index is 0.0269. The predicted octanol–water partition coefficient (Wildman–Crippen LogP) is 7.87. The number of amides is 1. The van der Waals surface area contributed by atoms with E-state index in [1.54, 1.807) is 6.92 Å². The number of aliphatic hydroxyl groups is 2. The quantitative estimate of drug-likeness (QED) is 0.108. The summed E-state index contributed by atoms with van der Waals surface area (Å²) in [6.07, 6.45) is 10.8. The summed E-state index contributed by atoms with van der Waals surface area (Å²) in [5, 5.41) is 25.4. The van der Waals surface area contributed by atoms with Gasteiger partial charge in [0, 0.05) is 41.0 Å². The van der Waals surface area contributed by atoms with Gasteiger partial charge in [0.1, 0.15) is 0 Å². The predicted molar refractivity (Wildman–Crippen MR) is 196 cm³/mol. The Hall–Kier alpha value is -3.43. The molecule has 2 aromatic carbocycles. The number of aromatic nitrogens is 2. The van der Waals surface area contributed by atoms with Crippen molar-refractivity contribution < 1.29 is 15.0 Å². The standard InChI is InChI=1S/C40H52N4O3S/c1-6-7-27-8-12-29(13-9-27)30-16-18-31(19-17-30)33-23-42-37(43-24-33)32-14-10-28(11-15-32)22-34(25-41-26(2)39(46)47)44-38(45)35-20-21-36(48-35)40(3,4)5/h10-11,14-21,23-24,26-27,29,34,39,41,46-47H,6-9,12-13,22,25H2,1-5H3,(H,44,45)/t26-,27?,29?,34+/m1/s1. The second-order valence-electron chi connectivity index (χ2n) is 14.5. The van der Waals surface area contributed by atoms with Crippen LogP contribution >= 0.6 is 11.3 Å². The van der Waals surface area contributed by atoms with Crippen LogP contribution < -0.4 is 10.6 Å². The lowest BCUT2D eigenvalue weighted by Gasteiger charge is -2.28. The molecule has 0 radical (unpaired) electrons. The molecule has 1 aliphatic carbocycles. The molecule has 0 spiro atoms. The molecule has 5 rings (SSSR count). The first-order valence-corrected chi connectivity index (χ1v) is 18.3. The molecule has 2 aromatic heterocycles. The van der Waals surface area contributed by atoms with Crippen molar-refractivity contribution in [1.82, 2.24) is 20.6 Å². The molecule has 1 aliphatic rings. The summed E-state index contributed by atoms with van der Waals surface area (Å²) in [6, 6.07) is 20.2. The number of aliphatic hydroxyl groups excluding tert-OH is 1. The van der Waals surface area contributed by atoms with Gasteiger partial charge in [-0.05, 0) is 85.1 Å². The van der Waals surface area contributed by atoms with Gasteiger partial charge in [-0.2, -0.15) is 0 Å². The Balaban J connectivity index is 1.21. The van der Waals surface area contributed by atoms with Gasteiger partial charge in [-0.15, -0.1) is 11.3 Å². The fourth-order valence-corrected chi connectivity index (χ4v) is 7.54. The van der Waals surface area contributed by atoms with Gasteiger partial charge in [0.25, 0.3) is 5.91 Å². The molecule has 1 saturated carbocycles. The van der Waals surface area contributed by atoms with E-state index in [4.69, 9.17) is 0 Å². The van der Waals surface area contributed by atoms with E-state index >= 15 is 0 Å². The average Bonchev–Trinajstić information content (AvgIpc) is 3.60. The van der Waals surface area contributed by atoms with Gasteiger partial charge >= 0.3 is 0 Å². The second kappa shape index (κ2) is 16.3. The molecule has 0 aliphatic heterocycles. The van der Waals surface area contributed by atoms with Crippen molar-refractivity contribution in [3.8, 4) is 22.5 Å². The molecule has 1 fully saturated rings. The number of carbonyl (C=O) groups excluding carboxylic acids is 1. The van der Waals surface area contributed by atoms with Gasteiger partial charge in [0.05, 0.1) is 10.9 Å². The monoisotopic (exact) mass is 668 g/mol. The Morgan fingerprint density at radius 3 is 2.12 bits per heavy atom. The Morgan fingerprint density at radius 2 is 1.54 bits per heavy atom. The smallest absolute Gasteiger partial charge is 0.261 e. The Morgan fingerprint density at radius 1 is 0.896 bits per heavy atom. The maximum Gasteiger partial charge on any atom is 0.261 e. The third-order valence-electron chi connectivity index (χ3n) is 9.64. The largest absolute Gasteiger partial charge is 0.367 e. The number of thiophene rings is 1. The molecule has 7 nitrogen and oxygen atoms in total. The van der Waals surface area contributed by atoms with Crippen molar-refractivity contribution in [3.63, 3.8) is 0 Å². The number of hydrogen-bond donors (Lipinski definition) is 4. The number of nitrogens with zero attached hydrogens (tertiary/aromatic N) is 2. The lowest BCUT2D eigenvalue weighted by Crippen LogP contribution is -2.48. The van der Waals surface area contributed by atoms with E-state index in [0.29, 0.717) is 29.6 Å². The van der Waals surface area contributed by atoms with E-state index in [0.717, 1.165) is 33.0 Å². The summed E-state index contributed by atoms with van der Waals surface area (Å²) in [5.74, 6) is 2.13. The summed E-state index contributed by atoms with van der Waals surface area (Å²) < 4.78 is 0. The van der Waals surface area contributed by atoms with Gasteiger partial charge in [-0.1, -0.05) is 89.1 Å². The summed E-state index contributed by atoms with van der Waals surface area (Å²) >= 11 is 1.51. The van der Waals surface area contributed by atoms with Gasteiger partial charge < -0.3 is 20.8 Å². The van der Waals surface area contributed by atoms with E-state index < -0.39 is 12.3 Å². The number of carbonyl (C=O) groups is 1. The van der Waals surface area contributed by atoms with E-state index in [2.05, 4.69) is 72.6 Å². The zero-order valence-electron chi connectivity index (χ0n) is 29.1. The fraction of sp³-hybridized carbons (Fsp3) is 0.475. The highest BCUT2D eigenvalue weighted by Crippen LogP contribution is 2.38. The summed E-state index contributed by atoms with van der Waals surface area (Å²) in [5.41, 5.74) is 5.51. The Kier molecular flexibility index (Phi) is 12.2. The van der Waals surface area contributed by atoms with E-state index in [-0.39, 0.29) is 17.4 Å². The molecule has 0 bridgehead atoms. The topological polar surface area (TPSA) is 107 Å². The van der Waals surface area contributed by atoms with Crippen LogP contribution in [-0.2, 0) is 11.8 Å². The first-order valence-electron chi connectivity index (χ1n) is 17.5. The van der Waals surface area contributed by atoms with E-state index in [1.165, 1.54) is 55.4 Å². The van der Waals surface area contributed by atoms with Crippen molar-refractivity contribution in [2.24, 2.45) is 5.92 Å². The third-order valence-corrected chi connectivity index (χ3v) is 11.2. The molecule has 0 saturated heterocycles. The maximum absolute atomic E-state index is 13.2. The minimum atomic E-state index is -1.49. The molecule has 48 heavy (non-hydrogen) atoms. The number of rotatable bonds is 13. The van der Waals surface area contributed by atoms with Crippen molar-refractivity contribution in [3.05, 3.63) is 93.9 Å². The van der Waals surface area contributed by atoms with Crippen LogP contribution in [0.15, 0.2) is 73.1 Å². The fourth-order valence-electron chi connectivity index (χ4n) is 6.57. The molecular weight excluding hydrogens is 617 g/mol. The first kappa shape index (κ1) is 35.9. The van der Waals surface area contributed by atoms with Gasteiger partial charge in [-0.25, -0.2) is 9.97 Å². The van der Waals surface area contributed by atoms with Crippen LogP contribution in [0.1, 0.15) is 105 Å². The molecule has 0 unspecified atom stereocenters. The van der Waals surface area contributed by atoms with Crippen LogP contribution in [0.3, 0.4) is 0 Å². The highest BCUT2D eigenvalue weighted by molar-refractivity contribution is 7.14. The molecule has 4 aromatic rings. The molecule has 1 amide bonds. The molecule has 4 N–H and O–H groups in total. The molecule has 8 heteroatoms. The zero-order valence-corrected chi connectivity index (χ0v) is 29.9. The zero-order chi connectivity index (χ0) is 34.3. The van der Waals surface area contributed by atoms with Crippen LogP contribution in [0, 0.1) is 5.92 Å². The highest BCUT2D eigenvalue weighted by Gasteiger charge is 2.23. The Labute approximate surface area is 290 Å². The van der Waals surface area contributed by atoms with Gasteiger partial charge in [0.2, 0.25) is 0 Å². The summed E-state index contributed by atoms with van der Waals surface area (Å²) in [6.45, 7) is 10.8. The summed E-state index contributed by atoms with van der Waals surface area (Å²) in [7, 11) is 0. The summed E-state index contributed by atoms with van der Waals surface area (Å²) in [4.78, 5) is 24.4. The molecular formula is C40H52N4O3S. The van der Waals surface area contributed by atoms with Gasteiger partial charge in [0.15, 0.2) is 12.1 Å². The SMILES string of the molecule is CCCC1CCC(c2ccc(-c3cnc(-c4ccc(C[C@@H](CN[C@H](C)C(O)O)NC(=O)c5ccc(C(C)(C)C)s5)cc4)nc3)cc2)CC1. The lowest BCUT2D eigenvalue weighted by molar-refractivity contribution is -0.0626. The lowest BCUT2D eigenvalue weighted by atomic mass is 9.77. The van der Waals surface area contributed by atoms with Crippen molar-refractivity contribution >= 4 is 17.2 Å². The van der Waals surface area contributed by atoms with E-state index in [1.807, 2.05) is 48.8 Å². The van der Waals surface area contributed by atoms with Crippen LogP contribution in [0.4, 0.5) is 0 Å². The van der Waals surface area contributed by atoms with Gasteiger partial charge in [-0.3, -0.25) is 4.79 Å². The minimum Gasteiger partial charge on any atom is -0.367 e. The second-order valence-corrected chi connectivity index (χ2v) is 15.6. The molecule has 2 atom stereocenters. The molecule has 256 valence electrons. The van der Waals surface area contributed by atoms with E-state index in [9.17, 15) is 15.0 Å². The van der Waals surface area contributed by atoms with Crippen LogP contribution in [0.5, 0.6) is 0 Å². The maximum atomic E-state index is 13.2. The van der Waals surface area contributed by atoms with Crippen LogP contribution in [-0.4, -0.2) is 51.0 Å².